The lowest BCUT2D eigenvalue weighted by Gasteiger charge is -2.22. The minimum Gasteiger partial charge on any atom is -0.372 e. The van der Waals surface area contributed by atoms with Gasteiger partial charge in [-0.2, -0.15) is 0 Å². The van der Waals surface area contributed by atoms with E-state index in [0.29, 0.717) is 12.2 Å². The Balaban J connectivity index is 1.97. The zero-order valence-electron chi connectivity index (χ0n) is 11.4. The lowest BCUT2D eigenvalue weighted by atomic mass is 10.0. The first-order chi connectivity index (χ1) is 9.58. The molecule has 0 amide bonds. The van der Waals surface area contributed by atoms with Crippen LogP contribution < -0.4 is 10.6 Å². The first-order valence-corrected chi connectivity index (χ1v) is 7.34. The van der Waals surface area contributed by atoms with Crippen LogP contribution in [0.4, 0.5) is 10.1 Å². The van der Waals surface area contributed by atoms with Crippen LogP contribution in [0.5, 0.6) is 0 Å². The van der Waals surface area contributed by atoms with Gasteiger partial charge in [-0.3, -0.25) is 0 Å². The van der Waals surface area contributed by atoms with E-state index >= 15 is 0 Å². The molecule has 2 aromatic rings. The molecular formula is C16H18BrFN2. The average molecular weight is 337 g/mol. The molecule has 2 aromatic carbocycles. The lowest BCUT2D eigenvalue weighted by Crippen LogP contribution is -2.24. The summed E-state index contributed by atoms with van der Waals surface area (Å²) < 4.78 is 14.7. The Morgan fingerprint density at radius 2 is 1.95 bits per heavy atom. The van der Waals surface area contributed by atoms with Crippen LogP contribution in [0.2, 0.25) is 0 Å². The van der Waals surface area contributed by atoms with Crippen molar-refractivity contribution in [2.45, 2.75) is 12.5 Å². The van der Waals surface area contributed by atoms with Crippen molar-refractivity contribution < 1.29 is 4.39 Å². The minimum atomic E-state index is -0.203. The van der Waals surface area contributed by atoms with E-state index in [2.05, 4.69) is 15.9 Å². The van der Waals surface area contributed by atoms with Crippen LogP contribution in [0.15, 0.2) is 53.0 Å². The standard InChI is InChI=1S/C16H18BrFN2/c1-20(16-8-3-2-7-14(16)18)10-9-15(19)12-5-4-6-13(17)11-12/h2-8,11,15H,9-10,19H2,1H3. The lowest BCUT2D eigenvalue weighted by molar-refractivity contribution is 0.607. The highest BCUT2D eigenvalue weighted by Crippen LogP contribution is 2.21. The third-order valence-electron chi connectivity index (χ3n) is 3.32. The molecule has 2 N–H and O–H groups in total. The van der Waals surface area contributed by atoms with E-state index < -0.39 is 0 Å². The second-order valence-electron chi connectivity index (χ2n) is 4.82. The largest absolute Gasteiger partial charge is 0.372 e. The molecule has 1 unspecified atom stereocenters. The van der Waals surface area contributed by atoms with E-state index in [0.717, 1.165) is 16.5 Å². The second-order valence-corrected chi connectivity index (χ2v) is 5.74. The minimum absolute atomic E-state index is 0.0540. The molecule has 0 aliphatic heterocycles. The van der Waals surface area contributed by atoms with Crippen molar-refractivity contribution in [3.63, 3.8) is 0 Å². The Hall–Kier alpha value is -1.39. The van der Waals surface area contributed by atoms with Crippen molar-refractivity contribution in [1.29, 1.82) is 0 Å². The van der Waals surface area contributed by atoms with Gasteiger partial charge >= 0.3 is 0 Å². The van der Waals surface area contributed by atoms with E-state index in [4.69, 9.17) is 5.73 Å². The molecule has 2 nitrogen and oxygen atoms in total. The van der Waals surface area contributed by atoms with Gasteiger partial charge in [-0.1, -0.05) is 40.2 Å². The highest BCUT2D eigenvalue weighted by molar-refractivity contribution is 9.10. The van der Waals surface area contributed by atoms with Gasteiger partial charge in [0, 0.05) is 24.1 Å². The van der Waals surface area contributed by atoms with E-state index in [1.807, 2.05) is 42.3 Å². The molecule has 0 saturated carbocycles. The fourth-order valence-corrected chi connectivity index (χ4v) is 2.54. The summed E-state index contributed by atoms with van der Waals surface area (Å²) in [6, 6.07) is 14.7. The summed E-state index contributed by atoms with van der Waals surface area (Å²) in [5.41, 5.74) is 7.88. The van der Waals surface area contributed by atoms with Crippen LogP contribution in [0.3, 0.4) is 0 Å². The van der Waals surface area contributed by atoms with E-state index in [1.165, 1.54) is 6.07 Å². The number of halogens is 2. The van der Waals surface area contributed by atoms with Crippen LogP contribution in [0, 0.1) is 5.82 Å². The third kappa shape index (κ3) is 3.81. The van der Waals surface area contributed by atoms with E-state index in [1.54, 1.807) is 12.1 Å². The van der Waals surface area contributed by atoms with Gasteiger partial charge in [-0.15, -0.1) is 0 Å². The number of benzene rings is 2. The highest BCUT2D eigenvalue weighted by Gasteiger charge is 2.10. The van der Waals surface area contributed by atoms with Gasteiger partial charge in [0.1, 0.15) is 5.82 Å². The maximum atomic E-state index is 13.7. The molecule has 4 heteroatoms. The van der Waals surface area contributed by atoms with Crippen LogP contribution in [-0.4, -0.2) is 13.6 Å². The normalized spacial score (nSPS) is 12.2. The summed E-state index contributed by atoms with van der Waals surface area (Å²) in [4.78, 5) is 1.90. The molecule has 20 heavy (non-hydrogen) atoms. The van der Waals surface area contributed by atoms with Crippen molar-refractivity contribution in [3.8, 4) is 0 Å². The topological polar surface area (TPSA) is 29.3 Å². The Morgan fingerprint density at radius 3 is 2.65 bits per heavy atom. The van der Waals surface area contributed by atoms with Crippen molar-refractivity contribution in [2.75, 3.05) is 18.5 Å². The number of anilines is 1. The van der Waals surface area contributed by atoms with Crippen LogP contribution in [0.25, 0.3) is 0 Å². The molecule has 0 radical (unpaired) electrons. The molecule has 1 atom stereocenters. The number of nitrogens with two attached hydrogens (primary N) is 1. The molecule has 0 fully saturated rings. The highest BCUT2D eigenvalue weighted by atomic mass is 79.9. The quantitative estimate of drug-likeness (QED) is 0.889. The van der Waals surface area contributed by atoms with Crippen molar-refractivity contribution in [1.82, 2.24) is 0 Å². The fourth-order valence-electron chi connectivity index (χ4n) is 2.12. The van der Waals surface area contributed by atoms with Gasteiger partial charge in [0.25, 0.3) is 0 Å². The number of para-hydroxylation sites is 1. The van der Waals surface area contributed by atoms with Crippen molar-refractivity contribution in [3.05, 3.63) is 64.4 Å². The van der Waals surface area contributed by atoms with Gasteiger partial charge in [0.2, 0.25) is 0 Å². The van der Waals surface area contributed by atoms with Gasteiger partial charge in [-0.05, 0) is 36.2 Å². The summed E-state index contributed by atoms with van der Waals surface area (Å²) in [5, 5.41) is 0. The van der Waals surface area contributed by atoms with Crippen molar-refractivity contribution >= 4 is 21.6 Å². The van der Waals surface area contributed by atoms with Gasteiger partial charge < -0.3 is 10.6 Å². The first-order valence-electron chi connectivity index (χ1n) is 6.54. The van der Waals surface area contributed by atoms with Crippen molar-refractivity contribution in [2.24, 2.45) is 5.73 Å². The summed E-state index contributed by atoms with van der Waals surface area (Å²) >= 11 is 3.44. The second kappa shape index (κ2) is 6.86. The van der Waals surface area contributed by atoms with Gasteiger partial charge in [0.05, 0.1) is 5.69 Å². The molecule has 0 spiro atoms. The maximum absolute atomic E-state index is 13.7. The monoisotopic (exact) mass is 336 g/mol. The molecule has 0 aliphatic rings. The molecule has 0 saturated heterocycles. The van der Waals surface area contributed by atoms with Crippen LogP contribution in [0.1, 0.15) is 18.0 Å². The molecular weight excluding hydrogens is 319 g/mol. The van der Waals surface area contributed by atoms with Gasteiger partial charge in [-0.25, -0.2) is 4.39 Å². The molecule has 2 rings (SSSR count). The Kier molecular flexibility index (Phi) is 5.15. The first kappa shape index (κ1) is 15.0. The maximum Gasteiger partial charge on any atom is 0.146 e. The third-order valence-corrected chi connectivity index (χ3v) is 3.81. The zero-order valence-corrected chi connectivity index (χ0v) is 13.0. The SMILES string of the molecule is CN(CCC(N)c1cccc(Br)c1)c1ccccc1F. The predicted octanol–water partition coefficient (Wildman–Crippen LogP) is 4.11. The molecule has 0 aliphatic carbocycles. The van der Waals surface area contributed by atoms with E-state index in [9.17, 15) is 4.39 Å². The number of nitrogens with zero attached hydrogens (tertiary/aromatic N) is 1. The number of hydrogen-bond donors (Lipinski definition) is 1. The summed E-state index contributed by atoms with van der Waals surface area (Å²) in [7, 11) is 1.88. The summed E-state index contributed by atoms with van der Waals surface area (Å²) in [6.07, 6.45) is 0.765. The Bertz CT molecular complexity index is 574. The van der Waals surface area contributed by atoms with Crippen LogP contribution >= 0.6 is 15.9 Å². The fraction of sp³-hybridized carbons (Fsp3) is 0.250. The molecule has 0 aromatic heterocycles. The molecule has 106 valence electrons. The predicted molar refractivity (Wildman–Crippen MR) is 85.4 cm³/mol. The summed E-state index contributed by atoms with van der Waals surface area (Å²) in [6.45, 7) is 0.703. The molecule has 0 bridgehead atoms. The Morgan fingerprint density at radius 1 is 1.20 bits per heavy atom. The summed E-state index contributed by atoms with van der Waals surface area (Å²) in [5.74, 6) is -0.203. The Labute approximate surface area is 127 Å². The van der Waals surface area contributed by atoms with Crippen LogP contribution in [-0.2, 0) is 0 Å². The number of rotatable bonds is 5. The average Bonchev–Trinajstić information content (AvgIpc) is 2.45. The van der Waals surface area contributed by atoms with Gasteiger partial charge in [0.15, 0.2) is 0 Å². The molecule has 0 heterocycles. The smallest absolute Gasteiger partial charge is 0.146 e. The van der Waals surface area contributed by atoms with E-state index in [-0.39, 0.29) is 11.9 Å². The zero-order chi connectivity index (χ0) is 14.5. The number of hydrogen-bond acceptors (Lipinski definition) is 2.